The Balaban J connectivity index is 1.30. The molecule has 2 fully saturated rings. The monoisotopic (exact) mass is 399 g/mol. The average Bonchev–Trinajstić information content (AvgIpc) is 3.22. The maximum atomic E-state index is 13.9. The molecule has 1 aromatic heterocycles. The predicted molar refractivity (Wildman–Crippen MR) is 107 cm³/mol. The SMILES string of the molecule is Cc1ncccc1C(=O)N1CC[C@@H](C2CCN(Cc3cccc(F)c3F)CC2)C1. The Morgan fingerprint density at radius 1 is 1.07 bits per heavy atom. The van der Waals surface area contributed by atoms with Gasteiger partial charge in [0.15, 0.2) is 11.6 Å². The first-order valence-corrected chi connectivity index (χ1v) is 10.4. The van der Waals surface area contributed by atoms with Crippen molar-refractivity contribution in [2.24, 2.45) is 11.8 Å². The van der Waals surface area contributed by atoms with Crippen LogP contribution in [0.2, 0.25) is 0 Å². The third-order valence-corrected chi connectivity index (χ3v) is 6.47. The molecule has 0 saturated carbocycles. The van der Waals surface area contributed by atoms with E-state index in [0.29, 0.717) is 29.5 Å². The summed E-state index contributed by atoms with van der Waals surface area (Å²) >= 11 is 0. The van der Waals surface area contributed by atoms with E-state index < -0.39 is 11.6 Å². The van der Waals surface area contributed by atoms with Gasteiger partial charge in [-0.1, -0.05) is 12.1 Å². The molecule has 6 heteroatoms. The van der Waals surface area contributed by atoms with Crippen LogP contribution >= 0.6 is 0 Å². The zero-order valence-electron chi connectivity index (χ0n) is 16.8. The van der Waals surface area contributed by atoms with E-state index in [1.165, 1.54) is 0 Å². The number of benzene rings is 1. The summed E-state index contributed by atoms with van der Waals surface area (Å²) in [4.78, 5) is 21.2. The van der Waals surface area contributed by atoms with E-state index in [9.17, 15) is 13.6 Å². The second-order valence-corrected chi connectivity index (χ2v) is 8.26. The molecule has 1 aromatic carbocycles. The molecule has 0 unspecified atom stereocenters. The number of rotatable bonds is 4. The summed E-state index contributed by atoms with van der Waals surface area (Å²) in [6.07, 6.45) is 4.82. The summed E-state index contributed by atoms with van der Waals surface area (Å²) in [5.74, 6) is -0.334. The van der Waals surface area contributed by atoms with E-state index in [4.69, 9.17) is 0 Å². The van der Waals surface area contributed by atoms with Gasteiger partial charge in [-0.3, -0.25) is 14.7 Å². The highest BCUT2D eigenvalue weighted by molar-refractivity contribution is 5.95. The largest absolute Gasteiger partial charge is 0.338 e. The highest BCUT2D eigenvalue weighted by Crippen LogP contribution is 2.33. The van der Waals surface area contributed by atoms with E-state index in [-0.39, 0.29) is 5.91 Å². The number of carbonyl (C=O) groups excluding carboxylic acids is 1. The van der Waals surface area contributed by atoms with Crippen molar-refractivity contribution in [3.63, 3.8) is 0 Å². The smallest absolute Gasteiger partial charge is 0.255 e. The Morgan fingerprint density at radius 3 is 2.59 bits per heavy atom. The molecule has 2 aliphatic rings. The maximum Gasteiger partial charge on any atom is 0.255 e. The number of aromatic nitrogens is 1. The lowest BCUT2D eigenvalue weighted by Crippen LogP contribution is -2.37. The number of likely N-dealkylation sites (tertiary alicyclic amines) is 2. The Labute approximate surface area is 170 Å². The quantitative estimate of drug-likeness (QED) is 0.779. The minimum atomic E-state index is -0.781. The summed E-state index contributed by atoms with van der Waals surface area (Å²) in [5, 5.41) is 0. The van der Waals surface area contributed by atoms with E-state index in [1.807, 2.05) is 24.0 Å². The van der Waals surface area contributed by atoms with E-state index >= 15 is 0 Å². The topological polar surface area (TPSA) is 36.4 Å². The fourth-order valence-electron chi connectivity index (χ4n) is 4.73. The van der Waals surface area contributed by atoms with Crippen LogP contribution < -0.4 is 0 Å². The Morgan fingerprint density at radius 2 is 1.83 bits per heavy atom. The molecule has 0 spiro atoms. The van der Waals surface area contributed by atoms with Crippen molar-refractivity contribution in [3.8, 4) is 0 Å². The lowest BCUT2D eigenvalue weighted by Gasteiger charge is -2.35. The second-order valence-electron chi connectivity index (χ2n) is 8.26. The van der Waals surface area contributed by atoms with Crippen LogP contribution in [0.3, 0.4) is 0 Å². The number of amides is 1. The molecule has 4 nitrogen and oxygen atoms in total. The summed E-state index contributed by atoms with van der Waals surface area (Å²) in [7, 11) is 0. The molecule has 154 valence electrons. The van der Waals surface area contributed by atoms with Crippen LogP contribution in [0.25, 0.3) is 0 Å². The highest BCUT2D eigenvalue weighted by atomic mass is 19.2. The number of aryl methyl sites for hydroxylation is 1. The van der Waals surface area contributed by atoms with Gasteiger partial charge in [0, 0.05) is 37.1 Å². The maximum absolute atomic E-state index is 13.9. The molecule has 2 saturated heterocycles. The zero-order valence-corrected chi connectivity index (χ0v) is 16.8. The molecular weight excluding hydrogens is 372 g/mol. The molecule has 3 heterocycles. The molecule has 2 aromatic rings. The summed E-state index contributed by atoms with van der Waals surface area (Å²) < 4.78 is 27.3. The van der Waals surface area contributed by atoms with Gasteiger partial charge in [0.2, 0.25) is 0 Å². The third-order valence-electron chi connectivity index (χ3n) is 6.47. The molecule has 1 amide bonds. The first-order valence-electron chi connectivity index (χ1n) is 10.4. The van der Waals surface area contributed by atoms with Gasteiger partial charge in [-0.2, -0.15) is 0 Å². The molecule has 0 radical (unpaired) electrons. The van der Waals surface area contributed by atoms with Crippen LogP contribution in [0.4, 0.5) is 8.78 Å². The number of halogens is 2. The molecule has 0 aliphatic carbocycles. The summed E-state index contributed by atoms with van der Waals surface area (Å²) in [6.45, 7) is 5.69. The van der Waals surface area contributed by atoms with Gasteiger partial charge in [-0.05, 0) is 69.3 Å². The average molecular weight is 399 g/mol. The van der Waals surface area contributed by atoms with Crippen molar-refractivity contribution >= 4 is 5.91 Å². The van der Waals surface area contributed by atoms with Crippen LogP contribution in [0, 0.1) is 30.4 Å². The molecule has 0 bridgehead atoms. The number of carbonyl (C=O) groups is 1. The van der Waals surface area contributed by atoms with E-state index in [0.717, 1.165) is 57.2 Å². The van der Waals surface area contributed by atoms with Crippen molar-refractivity contribution in [1.82, 2.24) is 14.8 Å². The lowest BCUT2D eigenvalue weighted by atomic mass is 9.83. The minimum Gasteiger partial charge on any atom is -0.338 e. The number of pyridine rings is 1. The van der Waals surface area contributed by atoms with Crippen molar-refractivity contribution in [3.05, 3.63) is 65.0 Å². The van der Waals surface area contributed by atoms with Crippen LogP contribution in [0.15, 0.2) is 36.5 Å². The van der Waals surface area contributed by atoms with Crippen molar-refractivity contribution in [2.45, 2.75) is 32.7 Å². The Bertz CT molecular complexity index is 880. The number of piperidine rings is 1. The van der Waals surface area contributed by atoms with Gasteiger partial charge in [0.1, 0.15) is 0 Å². The predicted octanol–water partition coefficient (Wildman–Crippen LogP) is 4.04. The first kappa shape index (κ1) is 20.0. The molecular formula is C23H27F2N3O. The van der Waals surface area contributed by atoms with Crippen molar-refractivity contribution in [1.29, 1.82) is 0 Å². The van der Waals surface area contributed by atoms with Gasteiger partial charge in [0.05, 0.1) is 5.56 Å². The summed E-state index contributed by atoms with van der Waals surface area (Å²) in [6, 6.07) is 8.04. The van der Waals surface area contributed by atoms with Gasteiger partial charge in [0.25, 0.3) is 5.91 Å². The molecule has 0 N–H and O–H groups in total. The Hall–Kier alpha value is -2.34. The molecule has 1 atom stereocenters. The van der Waals surface area contributed by atoms with Crippen LogP contribution in [0.1, 0.15) is 40.9 Å². The zero-order chi connectivity index (χ0) is 20.4. The van der Waals surface area contributed by atoms with Crippen molar-refractivity contribution in [2.75, 3.05) is 26.2 Å². The lowest BCUT2D eigenvalue weighted by molar-refractivity contribution is 0.0771. The summed E-state index contributed by atoms with van der Waals surface area (Å²) in [5.41, 5.74) is 1.90. The van der Waals surface area contributed by atoms with Crippen LogP contribution in [-0.2, 0) is 6.54 Å². The van der Waals surface area contributed by atoms with Gasteiger partial charge in [-0.25, -0.2) is 8.78 Å². The fourth-order valence-corrected chi connectivity index (χ4v) is 4.73. The van der Waals surface area contributed by atoms with Crippen molar-refractivity contribution < 1.29 is 13.6 Å². The first-order chi connectivity index (χ1) is 14.0. The third kappa shape index (κ3) is 4.32. The number of hydrogen-bond donors (Lipinski definition) is 0. The number of hydrogen-bond acceptors (Lipinski definition) is 3. The second kappa shape index (κ2) is 8.57. The highest BCUT2D eigenvalue weighted by Gasteiger charge is 2.34. The molecule has 2 aliphatic heterocycles. The number of nitrogens with zero attached hydrogens (tertiary/aromatic N) is 3. The Kier molecular flexibility index (Phi) is 5.90. The fraction of sp³-hybridized carbons (Fsp3) is 0.478. The standard InChI is InChI=1S/C23H27F2N3O/c1-16-20(5-3-10-26-16)23(29)28-13-9-18(15-28)17-7-11-27(12-8-17)14-19-4-2-6-21(24)22(19)25/h2-6,10,17-18H,7-9,11-15H2,1H3/t18-/m1/s1. The van der Waals surface area contributed by atoms with E-state index in [2.05, 4.69) is 9.88 Å². The van der Waals surface area contributed by atoms with Crippen LogP contribution in [-0.4, -0.2) is 46.9 Å². The molecule has 29 heavy (non-hydrogen) atoms. The van der Waals surface area contributed by atoms with Gasteiger partial charge >= 0.3 is 0 Å². The molecule has 4 rings (SSSR count). The van der Waals surface area contributed by atoms with Crippen LogP contribution in [0.5, 0.6) is 0 Å². The minimum absolute atomic E-state index is 0.0807. The van der Waals surface area contributed by atoms with E-state index in [1.54, 1.807) is 18.3 Å². The van der Waals surface area contributed by atoms with Gasteiger partial charge < -0.3 is 4.90 Å². The van der Waals surface area contributed by atoms with Gasteiger partial charge in [-0.15, -0.1) is 0 Å². The normalized spacial score (nSPS) is 20.9.